The van der Waals surface area contributed by atoms with E-state index in [1.807, 2.05) is 6.92 Å². The van der Waals surface area contributed by atoms with Crippen LogP contribution in [0.4, 0.5) is 8.78 Å². The van der Waals surface area contributed by atoms with E-state index in [9.17, 15) is 13.6 Å². The van der Waals surface area contributed by atoms with Crippen LogP contribution in [0.5, 0.6) is 5.75 Å². The molecule has 0 aliphatic carbocycles. The van der Waals surface area contributed by atoms with Crippen LogP contribution in [-0.2, 0) is 6.42 Å². The highest BCUT2D eigenvalue weighted by Crippen LogP contribution is 2.24. The summed E-state index contributed by atoms with van der Waals surface area (Å²) in [7, 11) is 1.50. The molecule has 2 aromatic rings. The van der Waals surface area contributed by atoms with E-state index >= 15 is 0 Å². The van der Waals surface area contributed by atoms with Gasteiger partial charge in [0.15, 0.2) is 5.78 Å². The van der Waals surface area contributed by atoms with Crippen LogP contribution in [0.25, 0.3) is 0 Å². The van der Waals surface area contributed by atoms with Crippen LogP contribution >= 0.6 is 15.9 Å². The molecule has 0 aliphatic heterocycles. The molecule has 2 aromatic carbocycles. The third-order valence-electron chi connectivity index (χ3n) is 3.21. The molecule has 5 heteroatoms. The first-order valence-corrected chi connectivity index (χ1v) is 7.03. The molecule has 0 radical (unpaired) electrons. The molecule has 0 atom stereocenters. The number of Topliss-reactive ketones (excluding diaryl/α,β-unsaturated/α-hetero) is 1. The van der Waals surface area contributed by atoms with Gasteiger partial charge < -0.3 is 4.74 Å². The molecular formula is C16H13BrF2O2. The molecule has 0 saturated heterocycles. The van der Waals surface area contributed by atoms with Crippen molar-refractivity contribution in [1.29, 1.82) is 0 Å². The van der Waals surface area contributed by atoms with Crippen molar-refractivity contribution >= 4 is 21.7 Å². The second-order valence-corrected chi connectivity index (χ2v) is 5.46. The van der Waals surface area contributed by atoms with Gasteiger partial charge in [0.1, 0.15) is 17.4 Å². The van der Waals surface area contributed by atoms with Gasteiger partial charge in [0.25, 0.3) is 0 Å². The van der Waals surface area contributed by atoms with Gasteiger partial charge in [0.05, 0.1) is 11.6 Å². The van der Waals surface area contributed by atoms with Crippen LogP contribution in [0.2, 0.25) is 0 Å². The SMILES string of the molecule is COc1cc(C(=O)Cc2c(F)ccc(Br)c2F)ccc1C. The summed E-state index contributed by atoms with van der Waals surface area (Å²) in [5.74, 6) is -1.29. The Morgan fingerprint density at radius 3 is 2.62 bits per heavy atom. The van der Waals surface area contributed by atoms with E-state index in [0.29, 0.717) is 11.3 Å². The van der Waals surface area contributed by atoms with Crippen LogP contribution in [0, 0.1) is 18.6 Å². The topological polar surface area (TPSA) is 26.3 Å². The standard InChI is InChI=1S/C16H13BrF2O2/c1-9-3-4-10(7-15(9)21-2)14(20)8-11-13(18)6-5-12(17)16(11)19/h3-7H,8H2,1-2H3. The van der Waals surface area contributed by atoms with Crippen molar-refractivity contribution in [2.24, 2.45) is 0 Å². The Hall–Kier alpha value is -1.75. The number of methoxy groups -OCH3 is 1. The zero-order valence-electron chi connectivity index (χ0n) is 11.5. The minimum Gasteiger partial charge on any atom is -0.496 e. The molecule has 0 heterocycles. The number of ketones is 1. The number of rotatable bonds is 4. The first-order chi connectivity index (χ1) is 9.93. The molecule has 0 unspecified atom stereocenters. The smallest absolute Gasteiger partial charge is 0.167 e. The molecule has 0 fully saturated rings. The lowest BCUT2D eigenvalue weighted by Gasteiger charge is -2.09. The van der Waals surface area contributed by atoms with Gasteiger partial charge in [-0.1, -0.05) is 12.1 Å². The van der Waals surface area contributed by atoms with E-state index in [1.54, 1.807) is 18.2 Å². The summed E-state index contributed by atoms with van der Waals surface area (Å²) in [4.78, 5) is 12.2. The highest BCUT2D eigenvalue weighted by atomic mass is 79.9. The fourth-order valence-corrected chi connectivity index (χ4v) is 2.36. The van der Waals surface area contributed by atoms with Crippen molar-refractivity contribution in [3.8, 4) is 5.75 Å². The highest BCUT2D eigenvalue weighted by molar-refractivity contribution is 9.10. The number of aryl methyl sites for hydroxylation is 1. The predicted octanol–water partition coefficient (Wildman–Crippen LogP) is 4.47. The van der Waals surface area contributed by atoms with Gasteiger partial charge in [-0.25, -0.2) is 8.78 Å². The highest BCUT2D eigenvalue weighted by Gasteiger charge is 2.17. The fraction of sp³-hybridized carbons (Fsp3) is 0.188. The number of hydrogen-bond donors (Lipinski definition) is 0. The van der Waals surface area contributed by atoms with E-state index in [4.69, 9.17) is 4.74 Å². The average molecular weight is 355 g/mol. The Bertz CT molecular complexity index is 699. The van der Waals surface area contributed by atoms with Crippen LogP contribution in [0.15, 0.2) is 34.8 Å². The number of halogens is 3. The quantitative estimate of drug-likeness (QED) is 0.598. The number of carbonyl (C=O) groups excluding carboxylic acids is 1. The van der Waals surface area contributed by atoms with Crippen LogP contribution < -0.4 is 4.74 Å². The normalized spacial score (nSPS) is 10.5. The molecule has 0 amide bonds. The van der Waals surface area contributed by atoms with Crippen molar-refractivity contribution in [3.05, 3.63) is 63.1 Å². The van der Waals surface area contributed by atoms with E-state index in [0.717, 1.165) is 11.6 Å². The number of benzene rings is 2. The van der Waals surface area contributed by atoms with E-state index in [-0.39, 0.29) is 22.2 Å². The van der Waals surface area contributed by atoms with Crippen LogP contribution in [0.3, 0.4) is 0 Å². The lowest BCUT2D eigenvalue weighted by molar-refractivity contribution is 0.0990. The summed E-state index contributed by atoms with van der Waals surface area (Å²) in [6.45, 7) is 1.85. The Balaban J connectivity index is 2.33. The van der Waals surface area contributed by atoms with Crippen molar-refractivity contribution in [3.63, 3.8) is 0 Å². The molecule has 0 saturated carbocycles. The summed E-state index contributed by atoms with van der Waals surface area (Å²) in [5.41, 5.74) is 0.999. The predicted molar refractivity (Wildman–Crippen MR) is 79.8 cm³/mol. The Labute approximate surface area is 129 Å². The van der Waals surface area contributed by atoms with Crippen molar-refractivity contribution in [2.75, 3.05) is 7.11 Å². The molecule has 0 aliphatic rings. The van der Waals surface area contributed by atoms with Gasteiger partial charge in [-0.05, 0) is 46.6 Å². The number of ether oxygens (including phenoxy) is 1. The van der Waals surface area contributed by atoms with Gasteiger partial charge in [-0.3, -0.25) is 4.79 Å². The number of hydrogen-bond acceptors (Lipinski definition) is 2. The molecule has 0 aromatic heterocycles. The molecular weight excluding hydrogens is 342 g/mol. The first-order valence-electron chi connectivity index (χ1n) is 6.24. The molecule has 0 bridgehead atoms. The Morgan fingerprint density at radius 2 is 1.95 bits per heavy atom. The Kier molecular flexibility index (Phi) is 4.73. The lowest BCUT2D eigenvalue weighted by Crippen LogP contribution is -2.08. The van der Waals surface area contributed by atoms with Gasteiger partial charge in [0.2, 0.25) is 0 Å². The molecule has 2 rings (SSSR count). The second-order valence-electron chi connectivity index (χ2n) is 4.61. The van der Waals surface area contributed by atoms with E-state index < -0.39 is 11.6 Å². The second kappa shape index (κ2) is 6.35. The monoisotopic (exact) mass is 354 g/mol. The summed E-state index contributed by atoms with van der Waals surface area (Å²) in [6, 6.07) is 7.33. The third kappa shape index (κ3) is 3.29. The third-order valence-corrected chi connectivity index (χ3v) is 3.82. The van der Waals surface area contributed by atoms with Crippen molar-refractivity contribution in [2.45, 2.75) is 13.3 Å². The summed E-state index contributed by atoms with van der Waals surface area (Å²) in [6.07, 6.45) is -0.344. The van der Waals surface area contributed by atoms with Gasteiger partial charge in [-0.15, -0.1) is 0 Å². The largest absolute Gasteiger partial charge is 0.496 e. The lowest BCUT2D eigenvalue weighted by atomic mass is 10.0. The fourth-order valence-electron chi connectivity index (χ4n) is 1.99. The average Bonchev–Trinajstić information content (AvgIpc) is 2.48. The van der Waals surface area contributed by atoms with Gasteiger partial charge in [0, 0.05) is 17.5 Å². The molecule has 21 heavy (non-hydrogen) atoms. The van der Waals surface area contributed by atoms with Crippen LogP contribution in [-0.4, -0.2) is 12.9 Å². The summed E-state index contributed by atoms with van der Waals surface area (Å²) >= 11 is 2.99. The zero-order chi connectivity index (χ0) is 15.6. The minimum atomic E-state index is -0.748. The maximum Gasteiger partial charge on any atom is 0.167 e. The molecule has 0 N–H and O–H groups in total. The van der Waals surface area contributed by atoms with Gasteiger partial charge >= 0.3 is 0 Å². The Morgan fingerprint density at radius 1 is 1.24 bits per heavy atom. The van der Waals surface area contributed by atoms with E-state index in [2.05, 4.69) is 15.9 Å². The maximum atomic E-state index is 13.9. The van der Waals surface area contributed by atoms with Crippen molar-refractivity contribution in [1.82, 2.24) is 0 Å². The number of carbonyl (C=O) groups is 1. The maximum absolute atomic E-state index is 13.9. The minimum absolute atomic E-state index is 0.133. The van der Waals surface area contributed by atoms with Gasteiger partial charge in [-0.2, -0.15) is 0 Å². The summed E-state index contributed by atoms with van der Waals surface area (Å²) in [5, 5.41) is 0. The summed E-state index contributed by atoms with van der Waals surface area (Å²) < 4.78 is 32.8. The van der Waals surface area contributed by atoms with Crippen LogP contribution in [0.1, 0.15) is 21.5 Å². The molecule has 0 spiro atoms. The zero-order valence-corrected chi connectivity index (χ0v) is 13.1. The molecule has 110 valence electrons. The molecule has 2 nitrogen and oxygen atoms in total. The first kappa shape index (κ1) is 15.6. The van der Waals surface area contributed by atoms with Crippen molar-refractivity contribution < 1.29 is 18.3 Å². The van der Waals surface area contributed by atoms with E-state index in [1.165, 1.54) is 13.2 Å².